The van der Waals surface area contributed by atoms with Gasteiger partial charge < -0.3 is 14.6 Å². The molecular formula is C11H18NaO4. The summed E-state index contributed by atoms with van der Waals surface area (Å²) >= 11 is 0. The zero-order valence-electron chi connectivity index (χ0n) is 10.2. The van der Waals surface area contributed by atoms with E-state index < -0.39 is 12.3 Å². The molecule has 0 aromatic carbocycles. The van der Waals surface area contributed by atoms with Gasteiger partial charge in [-0.3, -0.25) is 4.79 Å². The van der Waals surface area contributed by atoms with Gasteiger partial charge in [-0.1, -0.05) is 12.2 Å². The van der Waals surface area contributed by atoms with E-state index in [9.17, 15) is 4.79 Å². The Labute approximate surface area is 118 Å². The molecule has 0 bridgehead atoms. The van der Waals surface area contributed by atoms with E-state index >= 15 is 0 Å². The molecule has 0 heterocycles. The number of hydrogen-bond acceptors (Lipinski definition) is 3. The molecule has 0 spiro atoms. The van der Waals surface area contributed by atoms with Gasteiger partial charge in [0.15, 0.2) is 6.29 Å². The van der Waals surface area contributed by atoms with Crippen LogP contribution in [0.3, 0.4) is 0 Å². The smallest absolute Gasteiger partial charge is 0.306 e. The molecule has 0 aliphatic heterocycles. The van der Waals surface area contributed by atoms with Crippen LogP contribution in [0.15, 0.2) is 12.2 Å². The van der Waals surface area contributed by atoms with E-state index in [1.165, 1.54) is 0 Å². The van der Waals surface area contributed by atoms with E-state index in [4.69, 9.17) is 14.6 Å². The Balaban J connectivity index is 0.00000225. The summed E-state index contributed by atoms with van der Waals surface area (Å²) in [6.07, 6.45) is 5.77. The van der Waals surface area contributed by atoms with Gasteiger partial charge in [-0.15, -0.1) is 0 Å². The second-order valence-electron chi connectivity index (χ2n) is 3.73. The summed E-state index contributed by atoms with van der Waals surface area (Å²) < 4.78 is 10.3. The van der Waals surface area contributed by atoms with E-state index in [0.29, 0.717) is 12.8 Å². The van der Waals surface area contributed by atoms with Crippen LogP contribution in [-0.2, 0) is 14.3 Å². The minimum Gasteiger partial charge on any atom is -0.481 e. The third-order valence-electron chi connectivity index (χ3n) is 2.87. The molecule has 1 N–H and O–H groups in total. The van der Waals surface area contributed by atoms with Crippen LogP contribution in [0.2, 0.25) is 0 Å². The van der Waals surface area contributed by atoms with Gasteiger partial charge in [-0.25, -0.2) is 0 Å². The summed E-state index contributed by atoms with van der Waals surface area (Å²) in [4.78, 5) is 11.1. The first kappa shape index (κ1) is 16.1. The number of aliphatic carboxylic acids is 1. The zero-order chi connectivity index (χ0) is 11.3. The van der Waals surface area contributed by atoms with E-state index in [2.05, 4.69) is 0 Å². The average molecular weight is 237 g/mol. The average Bonchev–Trinajstić information content (AvgIpc) is 2.45. The Bertz CT molecular complexity index is 238. The maximum Gasteiger partial charge on any atom is 0.306 e. The first-order valence-corrected chi connectivity index (χ1v) is 5.14. The van der Waals surface area contributed by atoms with Gasteiger partial charge in [0.05, 0.1) is 5.92 Å². The van der Waals surface area contributed by atoms with Gasteiger partial charge in [-0.2, -0.15) is 0 Å². The Morgan fingerprint density at radius 1 is 1.38 bits per heavy atom. The molecule has 4 nitrogen and oxygen atoms in total. The van der Waals surface area contributed by atoms with Crippen molar-refractivity contribution < 1.29 is 19.4 Å². The van der Waals surface area contributed by atoms with Crippen LogP contribution in [0.5, 0.6) is 0 Å². The molecular weight excluding hydrogens is 219 g/mol. The fraction of sp³-hybridized carbons (Fsp3) is 0.727. The molecule has 1 radical (unpaired) electrons. The van der Waals surface area contributed by atoms with Crippen LogP contribution < -0.4 is 0 Å². The summed E-state index contributed by atoms with van der Waals surface area (Å²) in [5, 5.41) is 9.13. The first-order chi connectivity index (χ1) is 7.20. The number of carboxylic acids is 1. The minimum atomic E-state index is -0.761. The van der Waals surface area contributed by atoms with Gasteiger partial charge in [0, 0.05) is 49.7 Å². The number of rotatable bonds is 4. The third kappa shape index (κ3) is 4.18. The van der Waals surface area contributed by atoms with Crippen molar-refractivity contribution in [2.24, 2.45) is 11.8 Å². The summed E-state index contributed by atoms with van der Waals surface area (Å²) in [6.45, 7) is 0. The molecule has 0 saturated carbocycles. The molecule has 1 aliphatic carbocycles. The monoisotopic (exact) mass is 237 g/mol. The minimum absolute atomic E-state index is 0. The van der Waals surface area contributed by atoms with E-state index in [1.54, 1.807) is 14.2 Å². The summed E-state index contributed by atoms with van der Waals surface area (Å²) in [5.41, 5.74) is 0. The molecule has 2 atom stereocenters. The van der Waals surface area contributed by atoms with Crippen LogP contribution in [0.1, 0.15) is 19.3 Å². The Hall–Kier alpha value is 0.130. The maximum absolute atomic E-state index is 11.1. The fourth-order valence-electron chi connectivity index (χ4n) is 2.08. The van der Waals surface area contributed by atoms with Crippen molar-refractivity contribution in [2.75, 3.05) is 14.2 Å². The second kappa shape index (κ2) is 8.25. The van der Waals surface area contributed by atoms with Gasteiger partial charge in [0.2, 0.25) is 0 Å². The molecule has 16 heavy (non-hydrogen) atoms. The maximum atomic E-state index is 11.1. The number of hydrogen-bond donors (Lipinski definition) is 1. The standard InChI is InChI=1S/C11H18O4.Na/c1-14-11(15-2)9-7-5-3-4-6-8(9)10(12)13;/h3,5,8-9,11H,4,6-7H2,1-2H3,(H,12,13);. The van der Waals surface area contributed by atoms with E-state index in [0.717, 1.165) is 6.42 Å². The quantitative estimate of drug-likeness (QED) is 0.454. The predicted molar refractivity (Wildman–Crippen MR) is 61.2 cm³/mol. The van der Waals surface area contributed by atoms with Crippen molar-refractivity contribution in [1.29, 1.82) is 0 Å². The first-order valence-electron chi connectivity index (χ1n) is 5.14. The van der Waals surface area contributed by atoms with Crippen molar-refractivity contribution in [1.82, 2.24) is 0 Å². The molecule has 2 unspecified atom stereocenters. The topological polar surface area (TPSA) is 55.8 Å². The summed E-state index contributed by atoms with van der Waals surface area (Å²) in [5.74, 6) is -1.25. The summed E-state index contributed by atoms with van der Waals surface area (Å²) in [6, 6.07) is 0. The molecule has 0 saturated heterocycles. The normalized spacial score (nSPS) is 24.9. The molecule has 0 aromatic heterocycles. The van der Waals surface area contributed by atoms with E-state index in [1.807, 2.05) is 12.2 Å². The Kier molecular flexibility index (Phi) is 8.32. The third-order valence-corrected chi connectivity index (χ3v) is 2.87. The molecule has 0 aromatic rings. The molecule has 5 heteroatoms. The van der Waals surface area contributed by atoms with Gasteiger partial charge in [0.1, 0.15) is 0 Å². The van der Waals surface area contributed by atoms with Crippen LogP contribution in [0.25, 0.3) is 0 Å². The van der Waals surface area contributed by atoms with Crippen LogP contribution in [0.4, 0.5) is 0 Å². The number of methoxy groups -OCH3 is 2. The molecule has 87 valence electrons. The van der Waals surface area contributed by atoms with Gasteiger partial charge >= 0.3 is 5.97 Å². The molecule has 1 rings (SSSR count). The van der Waals surface area contributed by atoms with Gasteiger partial charge in [0.25, 0.3) is 0 Å². The van der Waals surface area contributed by atoms with Gasteiger partial charge in [-0.05, 0) is 19.3 Å². The number of ether oxygens (including phenoxy) is 2. The second-order valence-corrected chi connectivity index (χ2v) is 3.73. The SMILES string of the molecule is COC(OC)C1CC=CCCC1C(=O)O.[Na]. The Morgan fingerprint density at radius 2 is 2.00 bits per heavy atom. The predicted octanol–water partition coefficient (Wildman–Crippen LogP) is 1.28. The van der Waals surface area contributed by atoms with E-state index in [-0.39, 0.29) is 41.4 Å². The zero-order valence-corrected chi connectivity index (χ0v) is 12.2. The van der Waals surface area contributed by atoms with Crippen molar-refractivity contribution in [2.45, 2.75) is 25.6 Å². The fourth-order valence-corrected chi connectivity index (χ4v) is 2.08. The number of allylic oxidation sites excluding steroid dienone is 2. The summed E-state index contributed by atoms with van der Waals surface area (Å²) in [7, 11) is 3.09. The van der Waals surface area contributed by atoms with Crippen molar-refractivity contribution in [3.05, 3.63) is 12.2 Å². The Morgan fingerprint density at radius 3 is 2.50 bits per heavy atom. The van der Waals surface area contributed by atoms with Crippen molar-refractivity contribution in [3.63, 3.8) is 0 Å². The molecule has 0 amide bonds. The largest absolute Gasteiger partial charge is 0.481 e. The van der Waals surface area contributed by atoms with Crippen molar-refractivity contribution in [3.8, 4) is 0 Å². The number of carboxylic acid groups (broad SMARTS) is 1. The molecule has 0 fully saturated rings. The number of carbonyl (C=O) groups is 1. The van der Waals surface area contributed by atoms with Crippen LogP contribution >= 0.6 is 0 Å². The van der Waals surface area contributed by atoms with Crippen LogP contribution in [-0.4, -0.2) is 61.1 Å². The van der Waals surface area contributed by atoms with Crippen LogP contribution in [0, 0.1) is 11.8 Å². The molecule has 1 aliphatic rings. The van der Waals surface area contributed by atoms with Crippen molar-refractivity contribution >= 4 is 35.5 Å².